The van der Waals surface area contributed by atoms with E-state index >= 15 is 0 Å². The highest BCUT2D eigenvalue weighted by Crippen LogP contribution is 2.29. The molecule has 0 saturated heterocycles. The number of hydrogen-bond donors (Lipinski definition) is 3. The first-order valence-corrected chi connectivity index (χ1v) is 8.81. The molecular formula is C19H19F3N6O2. The Morgan fingerprint density at radius 1 is 1.20 bits per heavy atom. The molecule has 0 spiro atoms. The van der Waals surface area contributed by atoms with E-state index in [9.17, 15) is 18.0 Å². The molecule has 2 aromatic heterocycles. The zero-order chi connectivity index (χ0) is 21.7. The Kier molecular flexibility index (Phi) is 6.21. The normalized spacial score (nSPS) is 11.3. The molecule has 0 aliphatic heterocycles. The van der Waals surface area contributed by atoms with E-state index in [1.54, 1.807) is 19.2 Å². The molecule has 0 atom stereocenters. The van der Waals surface area contributed by atoms with Gasteiger partial charge in [-0.2, -0.15) is 18.3 Å². The second-order valence-corrected chi connectivity index (χ2v) is 6.18. The van der Waals surface area contributed by atoms with E-state index in [2.05, 4.69) is 20.7 Å². The van der Waals surface area contributed by atoms with Crippen LogP contribution in [-0.4, -0.2) is 40.9 Å². The number of amides is 1. The van der Waals surface area contributed by atoms with Crippen LogP contribution in [0.4, 0.5) is 30.5 Å². The van der Waals surface area contributed by atoms with Crippen molar-refractivity contribution in [2.24, 2.45) is 0 Å². The van der Waals surface area contributed by atoms with Gasteiger partial charge in [0.2, 0.25) is 0 Å². The van der Waals surface area contributed by atoms with Crippen molar-refractivity contribution < 1.29 is 22.7 Å². The van der Waals surface area contributed by atoms with E-state index in [4.69, 9.17) is 10.5 Å². The lowest BCUT2D eigenvalue weighted by atomic mass is 10.2. The number of ether oxygens (including phenoxy) is 1. The van der Waals surface area contributed by atoms with E-state index < -0.39 is 17.6 Å². The Balaban J connectivity index is 1.79. The topological polar surface area (TPSA) is 107 Å². The molecule has 3 aromatic rings. The van der Waals surface area contributed by atoms with E-state index in [1.165, 1.54) is 10.9 Å². The third kappa shape index (κ3) is 4.69. The van der Waals surface area contributed by atoms with Crippen molar-refractivity contribution in [3.05, 3.63) is 59.9 Å². The number of aromatic nitrogens is 3. The number of halogens is 3. The molecule has 30 heavy (non-hydrogen) atoms. The maximum Gasteiger partial charge on any atom is 0.417 e. The monoisotopic (exact) mass is 420 g/mol. The summed E-state index contributed by atoms with van der Waals surface area (Å²) in [6.07, 6.45) is -2.59. The Morgan fingerprint density at radius 2 is 1.97 bits per heavy atom. The molecule has 1 aromatic carbocycles. The quantitative estimate of drug-likeness (QED) is 0.507. The first-order chi connectivity index (χ1) is 14.3. The molecule has 8 nitrogen and oxygen atoms in total. The molecule has 0 saturated carbocycles. The minimum Gasteiger partial charge on any atom is -0.383 e. The number of rotatable bonds is 7. The molecule has 2 heterocycles. The van der Waals surface area contributed by atoms with Gasteiger partial charge in [-0.3, -0.25) is 4.79 Å². The maximum absolute atomic E-state index is 12.6. The maximum atomic E-state index is 12.6. The summed E-state index contributed by atoms with van der Waals surface area (Å²) in [5.74, 6) is -0.613. The summed E-state index contributed by atoms with van der Waals surface area (Å²) in [6.45, 7) is 1.05. The van der Waals surface area contributed by atoms with Crippen molar-refractivity contribution in [2.45, 2.75) is 6.18 Å². The highest BCUT2D eigenvalue weighted by Gasteiger charge is 2.30. The lowest BCUT2D eigenvalue weighted by Crippen LogP contribution is -2.16. The molecule has 158 valence electrons. The van der Waals surface area contributed by atoms with Gasteiger partial charge in [-0.15, -0.1) is 0 Å². The van der Waals surface area contributed by atoms with Gasteiger partial charge in [-0.25, -0.2) is 9.67 Å². The molecule has 0 fully saturated rings. The van der Waals surface area contributed by atoms with E-state index in [-0.39, 0.29) is 17.2 Å². The number of nitrogens with two attached hydrogens (primary N) is 1. The first-order valence-electron chi connectivity index (χ1n) is 8.81. The number of carbonyl (C=O) groups is 1. The SMILES string of the molecule is COCCNc1ccccc1-n1ncc(C(=O)Nc2ccc(C(F)(F)F)cn2)c1N. The minimum atomic E-state index is -4.51. The summed E-state index contributed by atoms with van der Waals surface area (Å²) < 4.78 is 44.3. The second kappa shape index (κ2) is 8.82. The fourth-order valence-corrected chi connectivity index (χ4v) is 2.64. The van der Waals surface area contributed by atoms with Gasteiger partial charge < -0.3 is 21.1 Å². The van der Waals surface area contributed by atoms with Crippen molar-refractivity contribution in [2.75, 3.05) is 36.6 Å². The second-order valence-electron chi connectivity index (χ2n) is 6.18. The highest BCUT2D eigenvalue weighted by atomic mass is 19.4. The summed E-state index contributed by atoms with van der Waals surface area (Å²) in [5, 5.41) is 9.78. The van der Waals surface area contributed by atoms with Gasteiger partial charge in [0.15, 0.2) is 0 Å². The summed E-state index contributed by atoms with van der Waals surface area (Å²) in [5.41, 5.74) is 6.62. The number of nitrogens with one attached hydrogen (secondary N) is 2. The Morgan fingerprint density at radius 3 is 2.63 bits per heavy atom. The predicted molar refractivity (Wildman–Crippen MR) is 106 cm³/mol. The number of para-hydroxylation sites is 2. The molecule has 11 heteroatoms. The van der Waals surface area contributed by atoms with Crippen LogP contribution in [0.5, 0.6) is 0 Å². The van der Waals surface area contributed by atoms with Gasteiger partial charge in [0.1, 0.15) is 17.2 Å². The number of carbonyl (C=O) groups excluding carboxylic acids is 1. The van der Waals surface area contributed by atoms with Gasteiger partial charge in [-0.05, 0) is 24.3 Å². The molecule has 3 rings (SSSR count). The average molecular weight is 420 g/mol. The average Bonchev–Trinajstić information content (AvgIpc) is 3.09. The zero-order valence-corrected chi connectivity index (χ0v) is 15.9. The number of hydrogen-bond acceptors (Lipinski definition) is 6. The van der Waals surface area contributed by atoms with Crippen LogP contribution in [0.15, 0.2) is 48.8 Å². The summed E-state index contributed by atoms with van der Waals surface area (Å²) in [4.78, 5) is 16.1. The summed E-state index contributed by atoms with van der Waals surface area (Å²) >= 11 is 0. The molecule has 0 radical (unpaired) electrons. The van der Waals surface area contributed by atoms with Crippen molar-refractivity contribution in [1.29, 1.82) is 0 Å². The highest BCUT2D eigenvalue weighted by molar-refractivity contribution is 6.06. The minimum absolute atomic E-state index is 0.0400. The van der Waals surface area contributed by atoms with Crippen LogP contribution in [0.2, 0.25) is 0 Å². The standard InChI is InChI=1S/C19H19F3N6O2/c1-30-9-8-24-14-4-2-3-5-15(14)28-17(23)13(11-26-28)18(29)27-16-7-6-12(10-25-16)19(20,21)22/h2-7,10-11,24H,8-9,23H2,1H3,(H,25,27,29). The molecule has 4 N–H and O–H groups in total. The lowest BCUT2D eigenvalue weighted by Gasteiger charge is -2.13. The molecular weight excluding hydrogens is 401 g/mol. The number of methoxy groups -OCH3 is 1. The molecule has 1 amide bonds. The van der Waals surface area contributed by atoms with Crippen LogP contribution in [-0.2, 0) is 10.9 Å². The van der Waals surface area contributed by atoms with Crippen molar-refractivity contribution in [1.82, 2.24) is 14.8 Å². The van der Waals surface area contributed by atoms with Gasteiger partial charge in [-0.1, -0.05) is 12.1 Å². The number of benzene rings is 1. The molecule has 0 bridgehead atoms. The summed E-state index contributed by atoms with van der Waals surface area (Å²) in [7, 11) is 1.59. The van der Waals surface area contributed by atoms with E-state index in [0.29, 0.717) is 25.0 Å². The third-order valence-corrected chi connectivity index (χ3v) is 4.14. The number of nitrogen functional groups attached to an aromatic ring is 1. The predicted octanol–water partition coefficient (Wildman–Crippen LogP) is 3.18. The van der Waals surface area contributed by atoms with Crippen LogP contribution in [0.25, 0.3) is 5.69 Å². The Hall–Kier alpha value is -3.60. The summed E-state index contributed by atoms with van der Waals surface area (Å²) in [6, 6.07) is 9.13. The van der Waals surface area contributed by atoms with E-state index in [1.807, 2.05) is 12.1 Å². The van der Waals surface area contributed by atoms with Crippen LogP contribution in [0.3, 0.4) is 0 Å². The fourth-order valence-electron chi connectivity index (χ4n) is 2.64. The number of pyridine rings is 1. The number of anilines is 3. The smallest absolute Gasteiger partial charge is 0.383 e. The molecule has 0 aliphatic carbocycles. The fraction of sp³-hybridized carbons (Fsp3) is 0.211. The van der Waals surface area contributed by atoms with Crippen LogP contribution < -0.4 is 16.4 Å². The van der Waals surface area contributed by atoms with Crippen LogP contribution in [0, 0.1) is 0 Å². The van der Waals surface area contributed by atoms with Crippen molar-refractivity contribution in [3.63, 3.8) is 0 Å². The Bertz CT molecular complexity index is 1020. The van der Waals surface area contributed by atoms with Gasteiger partial charge in [0.05, 0.1) is 29.7 Å². The van der Waals surface area contributed by atoms with Crippen LogP contribution >= 0.6 is 0 Å². The molecule has 0 unspecified atom stereocenters. The van der Waals surface area contributed by atoms with Gasteiger partial charge in [0, 0.05) is 19.9 Å². The lowest BCUT2D eigenvalue weighted by molar-refractivity contribution is -0.137. The van der Waals surface area contributed by atoms with Gasteiger partial charge >= 0.3 is 6.18 Å². The van der Waals surface area contributed by atoms with Crippen molar-refractivity contribution in [3.8, 4) is 5.69 Å². The first kappa shape index (κ1) is 21.1. The zero-order valence-electron chi connectivity index (χ0n) is 15.9. The van der Waals surface area contributed by atoms with Crippen molar-refractivity contribution >= 4 is 23.2 Å². The van der Waals surface area contributed by atoms with E-state index in [0.717, 1.165) is 17.8 Å². The molecule has 0 aliphatic rings. The van der Waals surface area contributed by atoms with Crippen LogP contribution in [0.1, 0.15) is 15.9 Å². The Labute approximate surface area is 169 Å². The number of nitrogens with zero attached hydrogens (tertiary/aromatic N) is 3. The number of alkyl halides is 3. The largest absolute Gasteiger partial charge is 0.417 e. The van der Waals surface area contributed by atoms with Gasteiger partial charge in [0.25, 0.3) is 5.91 Å². The third-order valence-electron chi connectivity index (χ3n) is 4.14.